The molecule has 3 amide bonds. The van der Waals surface area contributed by atoms with Crippen LogP contribution in [-0.2, 0) is 39.9 Å². The van der Waals surface area contributed by atoms with Gasteiger partial charge in [0.1, 0.15) is 23.7 Å². The van der Waals surface area contributed by atoms with E-state index in [1.54, 1.807) is 41.3 Å². The zero-order valence-electron chi connectivity index (χ0n) is 29.0. The van der Waals surface area contributed by atoms with Crippen molar-refractivity contribution in [3.05, 3.63) is 132 Å². The first-order chi connectivity index (χ1) is 25.4. The lowest BCUT2D eigenvalue weighted by atomic mass is 9.74. The Labute approximate surface area is 302 Å². The molecular weight excluding hydrogens is 662 g/mol. The minimum absolute atomic E-state index is 0.0548. The van der Waals surface area contributed by atoms with Gasteiger partial charge in [0.25, 0.3) is 0 Å². The van der Waals surface area contributed by atoms with E-state index >= 15 is 4.79 Å². The van der Waals surface area contributed by atoms with Crippen molar-refractivity contribution in [3.63, 3.8) is 0 Å². The van der Waals surface area contributed by atoms with Gasteiger partial charge in [-0.1, -0.05) is 115 Å². The van der Waals surface area contributed by atoms with Crippen LogP contribution in [-0.4, -0.2) is 89.3 Å². The van der Waals surface area contributed by atoms with Crippen molar-refractivity contribution in [3.8, 4) is 0 Å². The lowest BCUT2D eigenvalue weighted by Gasteiger charge is -2.39. The number of hydrogen-bond acceptors (Lipinski definition) is 8. The van der Waals surface area contributed by atoms with Gasteiger partial charge in [0, 0.05) is 26.6 Å². The second-order valence-electron chi connectivity index (χ2n) is 13.7. The molecule has 3 aromatic rings. The number of nitrogens with zero attached hydrogens (tertiary/aromatic N) is 2. The van der Waals surface area contributed by atoms with Gasteiger partial charge in [-0.25, -0.2) is 0 Å². The fourth-order valence-electron chi connectivity index (χ4n) is 8.16. The number of nitrogens with one attached hydrogen (secondary N) is 1. The van der Waals surface area contributed by atoms with Crippen LogP contribution in [0, 0.1) is 11.8 Å². The van der Waals surface area contributed by atoms with E-state index in [1.165, 1.54) is 12.0 Å². The maximum Gasteiger partial charge on any atom is 0.313 e. The van der Waals surface area contributed by atoms with Gasteiger partial charge >= 0.3 is 5.97 Å². The van der Waals surface area contributed by atoms with E-state index in [4.69, 9.17) is 14.2 Å². The lowest BCUT2D eigenvalue weighted by Crippen LogP contribution is -2.56. The van der Waals surface area contributed by atoms with Crippen LogP contribution >= 0.6 is 0 Å². The maximum atomic E-state index is 15.1. The van der Waals surface area contributed by atoms with E-state index < -0.39 is 66.3 Å². The Kier molecular flexibility index (Phi) is 10.4. The summed E-state index contributed by atoms with van der Waals surface area (Å²) in [5.74, 6) is -4.03. The highest BCUT2D eigenvalue weighted by atomic mass is 16.6. The molecule has 2 N–H and O–H groups in total. The normalized spacial score (nSPS) is 30.2. The zero-order chi connectivity index (χ0) is 36.2. The third-order valence-electron chi connectivity index (χ3n) is 10.5. The Morgan fingerprint density at radius 1 is 0.923 bits per heavy atom. The van der Waals surface area contributed by atoms with Gasteiger partial charge in [-0.3, -0.25) is 19.2 Å². The summed E-state index contributed by atoms with van der Waals surface area (Å²) in [4.78, 5) is 61.0. The summed E-state index contributed by atoms with van der Waals surface area (Å²) in [6.45, 7) is 0.0106. The summed E-state index contributed by atoms with van der Waals surface area (Å²) in [5.41, 5.74) is 0.661. The number of aliphatic hydroxyl groups excluding tert-OH is 1. The topological polar surface area (TPSA) is 135 Å². The molecule has 3 aromatic carbocycles. The van der Waals surface area contributed by atoms with Crippen molar-refractivity contribution >= 4 is 23.7 Å². The molecule has 8 atom stereocenters. The molecule has 4 aliphatic heterocycles. The SMILES string of the molecule is COC[C@@H]1NC(=O)CC/C=C\CN(Cc2ccccc2)C(=O)[C@H]2N([C@H](CO)c3ccccc3)C(=O)[C@@H]3[C@@H](C(=O)O[C@H]1c1ccccc1)[C@H]1C=C[C@]32O1. The zero-order valence-corrected chi connectivity index (χ0v) is 29.0. The molecule has 0 aliphatic carbocycles. The molecule has 0 aromatic heterocycles. The molecule has 5 bridgehead atoms. The third kappa shape index (κ3) is 6.55. The molecule has 0 unspecified atom stereocenters. The monoisotopic (exact) mass is 705 g/mol. The fraction of sp³-hybridized carbons (Fsp3) is 0.366. The van der Waals surface area contributed by atoms with Gasteiger partial charge < -0.3 is 34.4 Å². The van der Waals surface area contributed by atoms with Gasteiger partial charge in [0.05, 0.1) is 37.3 Å². The van der Waals surface area contributed by atoms with Crippen molar-refractivity contribution in [1.82, 2.24) is 15.1 Å². The lowest BCUT2D eigenvalue weighted by molar-refractivity contribution is -0.163. The Hall–Kier alpha value is -5.10. The number of allylic oxidation sites excluding steroid dienone is 1. The summed E-state index contributed by atoms with van der Waals surface area (Å²) < 4.78 is 18.5. The summed E-state index contributed by atoms with van der Waals surface area (Å²) in [7, 11) is 1.51. The van der Waals surface area contributed by atoms with E-state index in [0.717, 1.165) is 5.56 Å². The fourth-order valence-corrected chi connectivity index (χ4v) is 8.16. The molecule has 52 heavy (non-hydrogen) atoms. The number of carbonyl (C=O) groups excluding carboxylic acids is 4. The van der Waals surface area contributed by atoms with Crippen molar-refractivity contribution < 1.29 is 38.5 Å². The number of fused-ring (bicyclic) bond motifs is 2. The van der Waals surface area contributed by atoms with E-state index in [-0.39, 0.29) is 37.9 Å². The standard InChI is InChI=1S/C41H43N3O8/c1-50-26-30-36(29-18-10-4-11-19-29)51-40(49)34-32-21-22-41(52-32)35(34)38(47)44(31(25-45)28-16-8-3-9-17-28)37(41)39(48)43(24-27-14-6-2-7-15-27)23-13-5-12-20-33(46)42-30/h2-11,13-19,21-22,30-32,34-37,45H,12,20,23-26H2,1H3,(H,42,46)/b13-5-/t30-,31+,32+,34-,35-,36-,37+,41-/m0/s1. The van der Waals surface area contributed by atoms with Gasteiger partial charge in [0.2, 0.25) is 17.7 Å². The highest BCUT2D eigenvalue weighted by molar-refractivity contribution is 5.99. The van der Waals surface area contributed by atoms with Crippen LogP contribution in [0.3, 0.4) is 0 Å². The smallest absolute Gasteiger partial charge is 0.313 e. The molecule has 2 saturated heterocycles. The number of hydrogen-bond donors (Lipinski definition) is 2. The summed E-state index contributed by atoms with van der Waals surface area (Å²) in [5, 5.41) is 13.9. The molecule has 0 radical (unpaired) electrons. The number of ether oxygens (including phenoxy) is 3. The average molecular weight is 706 g/mol. The third-order valence-corrected chi connectivity index (χ3v) is 10.5. The van der Waals surface area contributed by atoms with E-state index in [2.05, 4.69) is 5.32 Å². The van der Waals surface area contributed by atoms with Crippen LogP contribution in [0.2, 0.25) is 0 Å². The highest BCUT2D eigenvalue weighted by Crippen LogP contribution is 2.57. The Balaban J connectivity index is 1.35. The van der Waals surface area contributed by atoms with Crippen molar-refractivity contribution in [2.24, 2.45) is 11.8 Å². The molecular formula is C41H43N3O8. The minimum Gasteiger partial charge on any atom is -0.455 e. The number of carbonyl (C=O) groups is 4. The number of amides is 3. The van der Waals surface area contributed by atoms with Gasteiger partial charge in [-0.2, -0.15) is 0 Å². The molecule has 0 saturated carbocycles. The predicted octanol–water partition coefficient (Wildman–Crippen LogP) is 3.67. The van der Waals surface area contributed by atoms with E-state index in [0.29, 0.717) is 17.5 Å². The van der Waals surface area contributed by atoms with Gasteiger partial charge in [-0.05, 0) is 23.1 Å². The van der Waals surface area contributed by atoms with Crippen molar-refractivity contribution in [2.45, 2.75) is 55.3 Å². The Morgan fingerprint density at radius 3 is 2.31 bits per heavy atom. The van der Waals surface area contributed by atoms with E-state index in [9.17, 15) is 19.5 Å². The number of esters is 1. The number of likely N-dealkylation sites (tertiary alicyclic amines) is 1. The summed E-state index contributed by atoms with van der Waals surface area (Å²) >= 11 is 0. The minimum atomic E-state index is -1.50. The first-order valence-corrected chi connectivity index (χ1v) is 17.7. The molecule has 2 fully saturated rings. The number of cyclic esters (lactones) is 1. The van der Waals surface area contributed by atoms with E-state index in [1.807, 2.05) is 78.9 Å². The predicted molar refractivity (Wildman–Crippen MR) is 190 cm³/mol. The Bertz CT molecular complexity index is 1820. The number of benzene rings is 3. The molecule has 11 heteroatoms. The molecule has 1 spiro atoms. The molecule has 11 nitrogen and oxygen atoms in total. The molecule has 4 heterocycles. The maximum absolute atomic E-state index is 15.1. The molecule has 270 valence electrons. The second-order valence-corrected chi connectivity index (χ2v) is 13.7. The van der Waals surface area contributed by atoms with Crippen LogP contribution in [0.1, 0.15) is 41.7 Å². The van der Waals surface area contributed by atoms with Gasteiger partial charge in [-0.15, -0.1) is 0 Å². The largest absolute Gasteiger partial charge is 0.455 e. The van der Waals surface area contributed by atoms with Crippen LogP contribution < -0.4 is 5.32 Å². The quantitative estimate of drug-likeness (QED) is 0.268. The van der Waals surface area contributed by atoms with Crippen molar-refractivity contribution in [1.29, 1.82) is 0 Å². The molecule has 7 rings (SSSR count). The summed E-state index contributed by atoms with van der Waals surface area (Å²) in [6, 6.07) is 24.8. The summed E-state index contributed by atoms with van der Waals surface area (Å²) in [6.07, 6.45) is 5.95. The Morgan fingerprint density at radius 2 is 1.62 bits per heavy atom. The molecule has 4 aliphatic rings. The van der Waals surface area contributed by atoms with Crippen LogP contribution in [0.25, 0.3) is 0 Å². The second kappa shape index (κ2) is 15.2. The van der Waals surface area contributed by atoms with Crippen LogP contribution in [0.5, 0.6) is 0 Å². The van der Waals surface area contributed by atoms with Crippen molar-refractivity contribution in [2.75, 3.05) is 26.9 Å². The van der Waals surface area contributed by atoms with Gasteiger partial charge in [0.15, 0.2) is 0 Å². The van der Waals surface area contributed by atoms with Crippen LogP contribution in [0.15, 0.2) is 115 Å². The average Bonchev–Trinajstić information content (AvgIpc) is 3.81. The number of aliphatic hydroxyl groups is 1. The number of methoxy groups -OCH3 is 1. The highest BCUT2D eigenvalue weighted by Gasteiger charge is 2.74. The van der Waals surface area contributed by atoms with Crippen LogP contribution in [0.4, 0.5) is 0 Å². The first kappa shape index (κ1) is 35.3. The number of rotatable bonds is 8. The first-order valence-electron chi connectivity index (χ1n) is 17.7.